The van der Waals surface area contributed by atoms with Gasteiger partial charge in [-0.2, -0.15) is 5.10 Å². The summed E-state index contributed by atoms with van der Waals surface area (Å²) in [7, 11) is 0. The molecular formula is C15H15BrN2O2. The number of benzene rings is 1. The van der Waals surface area contributed by atoms with E-state index >= 15 is 0 Å². The van der Waals surface area contributed by atoms with Crippen molar-refractivity contribution in [2.24, 2.45) is 0 Å². The molecule has 0 saturated heterocycles. The Bertz CT molecular complexity index is 630. The van der Waals surface area contributed by atoms with Gasteiger partial charge in [-0.15, -0.1) is 0 Å². The van der Waals surface area contributed by atoms with Crippen LogP contribution in [0, 0.1) is 0 Å². The molecule has 0 N–H and O–H groups in total. The van der Waals surface area contributed by atoms with Gasteiger partial charge >= 0.3 is 5.97 Å². The second kappa shape index (κ2) is 5.40. The highest BCUT2D eigenvalue weighted by Crippen LogP contribution is 2.38. The lowest BCUT2D eigenvalue weighted by atomic mass is 10.1. The number of hydrogen-bond donors (Lipinski definition) is 0. The first-order valence-electron chi connectivity index (χ1n) is 6.71. The van der Waals surface area contributed by atoms with E-state index in [1.807, 2.05) is 35.9 Å². The Morgan fingerprint density at radius 3 is 2.70 bits per heavy atom. The Kier molecular flexibility index (Phi) is 3.61. The highest BCUT2D eigenvalue weighted by Gasteiger charge is 2.31. The summed E-state index contributed by atoms with van der Waals surface area (Å²) in [5.41, 5.74) is 2.38. The van der Waals surface area contributed by atoms with Crippen LogP contribution in [0.15, 0.2) is 34.9 Å². The quantitative estimate of drug-likeness (QED) is 0.798. The molecule has 0 atom stereocenters. The maximum atomic E-state index is 12.2. The first-order valence-corrected chi connectivity index (χ1v) is 7.50. The van der Waals surface area contributed by atoms with Crippen molar-refractivity contribution in [3.63, 3.8) is 0 Å². The van der Waals surface area contributed by atoms with Crippen molar-refractivity contribution >= 4 is 21.9 Å². The number of ether oxygens (including phenoxy) is 1. The number of carbonyl (C=O) groups is 1. The highest BCUT2D eigenvalue weighted by molar-refractivity contribution is 9.10. The summed E-state index contributed by atoms with van der Waals surface area (Å²) in [6.45, 7) is 2.18. The van der Waals surface area contributed by atoms with Gasteiger partial charge in [0.15, 0.2) is 5.69 Å². The fourth-order valence-corrected chi connectivity index (χ4v) is 2.47. The molecule has 2 aromatic rings. The van der Waals surface area contributed by atoms with Crippen molar-refractivity contribution < 1.29 is 9.53 Å². The summed E-state index contributed by atoms with van der Waals surface area (Å²) in [5.74, 6) is -0.296. The van der Waals surface area contributed by atoms with E-state index in [0.29, 0.717) is 18.3 Å². The summed E-state index contributed by atoms with van der Waals surface area (Å²) < 4.78 is 8.00. The van der Waals surface area contributed by atoms with Gasteiger partial charge in [0.2, 0.25) is 0 Å². The molecule has 0 radical (unpaired) electrons. The summed E-state index contributed by atoms with van der Waals surface area (Å²) >= 11 is 3.42. The predicted octanol–water partition coefficient (Wildman–Crippen LogP) is 3.82. The molecule has 104 valence electrons. The van der Waals surface area contributed by atoms with Crippen LogP contribution in [-0.2, 0) is 4.74 Å². The van der Waals surface area contributed by atoms with E-state index in [1.54, 1.807) is 6.20 Å². The zero-order valence-corrected chi connectivity index (χ0v) is 12.8. The van der Waals surface area contributed by atoms with Gasteiger partial charge < -0.3 is 4.74 Å². The minimum atomic E-state index is -0.296. The van der Waals surface area contributed by atoms with Crippen molar-refractivity contribution in [3.05, 3.63) is 40.6 Å². The maximum Gasteiger partial charge on any atom is 0.357 e. The Morgan fingerprint density at radius 2 is 2.10 bits per heavy atom. The third-order valence-electron chi connectivity index (χ3n) is 3.31. The van der Waals surface area contributed by atoms with Crippen LogP contribution >= 0.6 is 15.9 Å². The van der Waals surface area contributed by atoms with Crippen molar-refractivity contribution in [3.8, 4) is 11.1 Å². The van der Waals surface area contributed by atoms with Gasteiger partial charge in [0.25, 0.3) is 0 Å². The lowest BCUT2D eigenvalue weighted by molar-refractivity contribution is 0.0512. The van der Waals surface area contributed by atoms with Gasteiger partial charge in [0, 0.05) is 10.0 Å². The first-order chi connectivity index (χ1) is 9.70. The normalized spacial score (nSPS) is 14.3. The molecule has 5 heteroatoms. The summed E-state index contributed by atoms with van der Waals surface area (Å²) in [6.07, 6.45) is 3.91. The van der Waals surface area contributed by atoms with Crippen LogP contribution in [-0.4, -0.2) is 22.4 Å². The fourth-order valence-electron chi connectivity index (χ4n) is 2.20. The van der Waals surface area contributed by atoms with E-state index < -0.39 is 0 Å². The van der Waals surface area contributed by atoms with Gasteiger partial charge in [0.1, 0.15) is 0 Å². The Hall–Kier alpha value is -1.62. The van der Waals surface area contributed by atoms with E-state index in [0.717, 1.165) is 28.4 Å². The minimum absolute atomic E-state index is 0.296. The van der Waals surface area contributed by atoms with Crippen molar-refractivity contribution in [2.45, 2.75) is 25.8 Å². The Labute approximate surface area is 125 Å². The molecule has 1 aliphatic carbocycles. The van der Waals surface area contributed by atoms with Crippen molar-refractivity contribution in [2.75, 3.05) is 6.61 Å². The molecule has 0 amide bonds. The van der Waals surface area contributed by atoms with Crippen LogP contribution in [0.5, 0.6) is 0 Å². The van der Waals surface area contributed by atoms with Gasteiger partial charge in [-0.1, -0.05) is 28.1 Å². The number of rotatable bonds is 4. The SMILES string of the molecule is CCOC(=O)c1c(-c2ccc(Br)cc2)cnn1C1CC1. The topological polar surface area (TPSA) is 44.1 Å². The number of carbonyl (C=O) groups excluding carboxylic acids is 1. The van der Waals surface area contributed by atoms with E-state index in [2.05, 4.69) is 21.0 Å². The molecule has 0 bridgehead atoms. The number of halogens is 1. The molecular weight excluding hydrogens is 320 g/mol. The molecule has 1 aromatic heterocycles. The molecule has 3 rings (SSSR count). The lowest BCUT2D eigenvalue weighted by Crippen LogP contribution is -2.13. The van der Waals surface area contributed by atoms with Crippen LogP contribution in [0.4, 0.5) is 0 Å². The molecule has 1 saturated carbocycles. The molecule has 20 heavy (non-hydrogen) atoms. The van der Waals surface area contributed by atoms with Crippen LogP contribution in [0.25, 0.3) is 11.1 Å². The smallest absolute Gasteiger partial charge is 0.357 e. The molecule has 0 aliphatic heterocycles. The molecule has 4 nitrogen and oxygen atoms in total. The third kappa shape index (κ3) is 2.50. The maximum absolute atomic E-state index is 12.2. The summed E-state index contributed by atoms with van der Waals surface area (Å²) in [4.78, 5) is 12.2. The van der Waals surface area contributed by atoms with Gasteiger partial charge in [-0.3, -0.25) is 4.68 Å². The van der Waals surface area contributed by atoms with E-state index in [4.69, 9.17) is 4.74 Å². The molecule has 1 aromatic carbocycles. The zero-order valence-electron chi connectivity index (χ0n) is 11.2. The molecule has 1 fully saturated rings. The van der Waals surface area contributed by atoms with Crippen LogP contribution in [0.3, 0.4) is 0 Å². The third-order valence-corrected chi connectivity index (χ3v) is 3.84. The summed E-state index contributed by atoms with van der Waals surface area (Å²) in [5, 5.41) is 4.38. The fraction of sp³-hybridized carbons (Fsp3) is 0.333. The van der Waals surface area contributed by atoms with Gasteiger partial charge in [-0.25, -0.2) is 4.79 Å². The predicted molar refractivity (Wildman–Crippen MR) is 79.6 cm³/mol. The Morgan fingerprint density at radius 1 is 1.40 bits per heavy atom. The monoisotopic (exact) mass is 334 g/mol. The largest absolute Gasteiger partial charge is 0.461 e. The molecule has 0 unspecified atom stereocenters. The number of nitrogens with zero attached hydrogens (tertiary/aromatic N) is 2. The number of hydrogen-bond acceptors (Lipinski definition) is 3. The standard InChI is InChI=1S/C15H15BrN2O2/c1-2-20-15(19)14-13(9-17-18(14)12-7-8-12)10-3-5-11(16)6-4-10/h3-6,9,12H,2,7-8H2,1H3. The highest BCUT2D eigenvalue weighted by atomic mass is 79.9. The minimum Gasteiger partial charge on any atom is -0.461 e. The van der Waals surface area contributed by atoms with Crippen LogP contribution in [0.2, 0.25) is 0 Å². The van der Waals surface area contributed by atoms with E-state index in [-0.39, 0.29) is 5.97 Å². The van der Waals surface area contributed by atoms with Crippen molar-refractivity contribution in [1.29, 1.82) is 0 Å². The summed E-state index contributed by atoms with van der Waals surface area (Å²) in [6, 6.07) is 8.21. The van der Waals surface area contributed by atoms with Crippen LogP contribution < -0.4 is 0 Å². The van der Waals surface area contributed by atoms with Gasteiger partial charge in [-0.05, 0) is 37.5 Å². The van der Waals surface area contributed by atoms with Crippen LogP contribution in [0.1, 0.15) is 36.3 Å². The molecule has 1 heterocycles. The van der Waals surface area contributed by atoms with E-state index in [9.17, 15) is 4.79 Å². The van der Waals surface area contributed by atoms with Crippen molar-refractivity contribution in [1.82, 2.24) is 9.78 Å². The zero-order chi connectivity index (χ0) is 14.1. The number of aromatic nitrogens is 2. The first kappa shape index (κ1) is 13.4. The average Bonchev–Trinajstić information content (AvgIpc) is 3.19. The molecule has 0 spiro atoms. The average molecular weight is 335 g/mol. The second-order valence-corrected chi connectivity index (χ2v) is 5.73. The number of esters is 1. The second-order valence-electron chi connectivity index (χ2n) is 4.81. The molecule has 1 aliphatic rings. The lowest BCUT2D eigenvalue weighted by Gasteiger charge is -2.08. The van der Waals surface area contributed by atoms with E-state index in [1.165, 1.54) is 0 Å². The Balaban J connectivity index is 2.05. The van der Waals surface area contributed by atoms with Gasteiger partial charge in [0.05, 0.1) is 18.8 Å².